The van der Waals surface area contributed by atoms with Crippen molar-refractivity contribution < 1.29 is 17.9 Å². The summed E-state index contributed by atoms with van der Waals surface area (Å²) >= 11 is 0. The van der Waals surface area contributed by atoms with E-state index in [1.807, 2.05) is 13.8 Å². The summed E-state index contributed by atoms with van der Waals surface area (Å²) < 4.78 is 33.4. The first kappa shape index (κ1) is 19.2. The Morgan fingerprint density at radius 2 is 1.81 bits per heavy atom. The van der Waals surface area contributed by atoms with E-state index in [-0.39, 0.29) is 16.7 Å². The molecule has 0 spiro atoms. The van der Waals surface area contributed by atoms with Crippen LogP contribution in [0.5, 0.6) is 5.75 Å². The molecule has 0 atom stereocenters. The van der Waals surface area contributed by atoms with Crippen LogP contribution in [0.25, 0.3) is 0 Å². The molecular weight excluding hydrogens is 364 g/mol. The first-order valence-electron chi connectivity index (χ1n) is 8.93. The molecule has 1 amide bonds. The van der Waals surface area contributed by atoms with Crippen molar-refractivity contribution in [2.75, 3.05) is 23.3 Å². The highest BCUT2D eigenvalue weighted by Crippen LogP contribution is 2.30. The van der Waals surface area contributed by atoms with E-state index in [0.717, 1.165) is 17.7 Å². The number of anilines is 2. The Kier molecular flexibility index (Phi) is 5.41. The van der Waals surface area contributed by atoms with E-state index in [1.165, 1.54) is 6.07 Å². The number of hydrogen-bond donors (Lipinski definition) is 1. The van der Waals surface area contributed by atoms with Gasteiger partial charge < -0.3 is 9.64 Å². The SMILES string of the molecule is COc1ccc(S(=O)(=O)Nc2ccc(N3CCCC3=O)cc2)cc1C(C)C. The maximum Gasteiger partial charge on any atom is 0.261 e. The van der Waals surface area contributed by atoms with E-state index >= 15 is 0 Å². The number of ether oxygens (including phenoxy) is 1. The smallest absolute Gasteiger partial charge is 0.261 e. The standard InChI is InChI=1S/C20H24N2O4S/c1-14(2)18-13-17(10-11-19(18)26-3)27(24,25)21-15-6-8-16(9-7-15)22-12-4-5-20(22)23/h6-11,13-14,21H,4-5,12H2,1-3H3. The first-order chi connectivity index (χ1) is 12.8. The maximum atomic E-state index is 12.8. The van der Waals surface area contributed by atoms with E-state index in [9.17, 15) is 13.2 Å². The van der Waals surface area contributed by atoms with Gasteiger partial charge in [0.1, 0.15) is 5.75 Å². The van der Waals surface area contributed by atoms with E-state index in [4.69, 9.17) is 4.74 Å². The Balaban J connectivity index is 1.82. The molecule has 7 heteroatoms. The molecule has 2 aromatic carbocycles. The molecule has 144 valence electrons. The van der Waals surface area contributed by atoms with Crippen LogP contribution in [0.3, 0.4) is 0 Å². The molecule has 1 aliphatic heterocycles. The lowest BCUT2D eigenvalue weighted by Crippen LogP contribution is -2.23. The van der Waals surface area contributed by atoms with Gasteiger partial charge >= 0.3 is 0 Å². The van der Waals surface area contributed by atoms with Crippen LogP contribution < -0.4 is 14.4 Å². The summed E-state index contributed by atoms with van der Waals surface area (Å²) in [5, 5.41) is 0. The third-order valence-corrected chi connectivity index (χ3v) is 6.02. The monoisotopic (exact) mass is 388 g/mol. The topological polar surface area (TPSA) is 75.7 Å². The molecule has 1 saturated heterocycles. The number of nitrogens with one attached hydrogen (secondary N) is 1. The summed E-state index contributed by atoms with van der Waals surface area (Å²) in [6.45, 7) is 4.67. The normalized spacial score (nSPS) is 14.7. The van der Waals surface area contributed by atoms with Crippen LogP contribution in [0.15, 0.2) is 47.4 Å². The molecule has 0 unspecified atom stereocenters. The second kappa shape index (κ2) is 7.60. The van der Waals surface area contributed by atoms with Crippen LogP contribution in [0.2, 0.25) is 0 Å². The van der Waals surface area contributed by atoms with Crippen molar-refractivity contribution in [3.63, 3.8) is 0 Å². The van der Waals surface area contributed by atoms with E-state index < -0.39 is 10.0 Å². The largest absolute Gasteiger partial charge is 0.496 e. The zero-order valence-electron chi connectivity index (χ0n) is 15.7. The fourth-order valence-electron chi connectivity index (χ4n) is 3.18. The third-order valence-electron chi connectivity index (χ3n) is 4.64. The van der Waals surface area contributed by atoms with Gasteiger partial charge in [0, 0.05) is 24.3 Å². The van der Waals surface area contributed by atoms with Gasteiger partial charge in [0.05, 0.1) is 12.0 Å². The molecule has 3 rings (SSSR count). The molecule has 0 aliphatic carbocycles. The molecule has 0 radical (unpaired) electrons. The van der Waals surface area contributed by atoms with Gasteiger partial charge in [-0.2, -0.15) is 0 Å². The molecular formula is C20H24N2O4S. The molecule has 0 bridgehead atoms. The van der Waals surface area contributed by atoms with Crippen molar-refractivity contribution in [3.05, 3.63) is 48.0 Å². The highest BCUT2D eigenvalue weighted by atomic mass is 32.2. The number of benzene rings is 2. The second-order valence-electron chi connectivity index (χ2n) is 6.86. The molecule has 1 fully saturated rings. The van der Waals surface area contributed by atoms with Crippen LogP contribution in [0.1, 0.15) is 38.2 Å². The Labute approximate surface area is 160 Å². The summed E-state index contributed by atoms with van der Waals surface area (Å²) in [4.78, 5) is 13.7. The van der Waals surface area contributed by atoms with E-state index in [2.05, 4.69) is 4.72 Å². The van der Waals surface area contributed by atoms with E-state index in [1.54, 1.807) is 48.4 Å². The zero-order chi connectivity index (χ0) is 19.6. The Morgan fingerprint density at radius 3 is 2.37 bits per heavy atom. The van der Waals surface area contributed by atoms with Crippen LogP contribution in [-0.2, 0) is 14.8 Å². The Bertz CT molecular complexity index is 937. The average Bonchev–Trinajstić information content (AvgIpc) is 3.07. The number of sulfonamides is 1. The van der Waals surface area contributed by atoms with Crippen molar-refractivity contribution >= 4 is 27.3 Å². The van der Waals surface area contributed by atoms with Gasteiger partial charge in [0.25, 0.3) is 10.0 Å². The minimum Gasteiger partial charge on any atom is -0.496 e. The number of carbonyl (C=O) groups is 1. The van der Waals surface area contributed by atoms with Crippen molar-refractivity contribution in [2.24, 2.45) is 0 Å². The lowest BCUT2D eigenvalue weighted by atomic mass is 10.0. The van der Waals surface area contributed by atoms with E-state index in [0.29, 0.717) is 24.4 Å². The summed E-state index contributed by atoms with van der Waals surface area (Å²) in [5.74, 6) is 0.902. The quantitative estimate of drug-likeness (QED) is 0.818. The number of carbonyl (C=O) groups excluding carboxylic acids is 1. The van der Waals surface area contributed by atoms with Gasteiger partial charge in [-0.1, -0.05) is 13.8 Å². The van der Waals surface area contributed by atoms with Crippen molar-refractivity contribution in [1.82, 2.24) is 0 Å². The average molecular weight is 388 g/mol. The van der Waals surface area contributed by atoms with Gasteiger partial charge in [0.2, 0.25) is 5.91 Å². The van der Waals surface area contributed by atoms with Gasteiger partial charge in [-0.05, 0) is 60.4 Å². The van der Waals surface area contributed by atoms with Gasteiger partial charge in [-0.15, -0.1) is 0 Å². The third kappa shape index (κ3) is 4.08. The van der Waals surface area contributed by atoms with Crippen LogP contribution >= 0.6 is 0 Å². The van der Waals surface area contributed by atoms with Crippen molar-refractivity contribution in [1.29, 1.82) is 0 Å². The predicted molar refractivity (Wildman–Crippen MR) is 106 cm³/mol. The number of hydrogen-bond acceptors (Lipinski definition) is 4. The summed E-state index contributed by atoms with van der Waals surface area (Å²) in [6.07, 6.45) is 1.41. The number of nitrogens with zero attached hydrogens (tertiary/aromatic N) is 1. The Morgan fingerprint density at radius 1 is 1.11 bits per heavy atom. The second-order valence-corrected chi connectivity index (χ2v) is 8.54. The highest BCUT2D eigenvalue weighted by Gasteiger charge is 2.22. The summed E-state index contributed by atoms with van der Waals surface area (Å²) in [7, 11) is -2.15. The maximum absolute atomic E-state index is 12.8. The molecule has 0 aromatic heterocycles. The molecule has 1 heterocycles. The molecule has 1 aliphatic rings. The first-order valence-corrected chi connectivity index (χ1v) is 10.4. The minimum atomic E-state index is -3.72. The molecule has 0 saturated carbocycles. The van der Waals surface area contributed by atoms with Crippen molar-refractivity contribution in [3.8, 4) is 5.75 Å². The number of methoxy groups -OCH3 is 1. The fraction of sp³-hybridized carbons (Fsp3) is 0.350. The van der Waals surface area contributed by atoms with Crippen molar-refractivity contribution in [2.45, 2.75) is 37.5 Å². The van der Waals surface area contributed by atoms with Gasteiger partial charge in [-0.3, -0.25) is 9.52 Å². The van der Waals surface area contributed by atoms with Crippen LogP contribution in [0.4, 0.5) is 11.4 Å². The lowest BCUT2D eigenvalue weighted by molar-refractivity contribution is -0.117. The molecule has 6 nitrogen and oxygen atoms in total. The minimum absolute atomic E-state index is 0.0998. The molecule has 27 heavy (non-hydrogen) atoms. The summed E-state index contributed by atoms with van der Waals surface area (Å²) in [5.41, 5.74) is 2.07. The Hall–Kier alpha value is -2.54. The number of amides is 1. The predicted octanol–water partition coefficient (Wildman–Crippen LogP) is 3.75. The van der Waals surface area contributed by atoms with Gasteiger partial charge in [-0.25, -0.2) is 8.42 Å². The zero-order valence-corrected chi connectivity index (χ0v) is 16.5. The highest BCUT2D eigenvalue weighted by molar-refractivity contribution is 7.92. The lowest BCUT2D eigenvalue weighted by Gasteiger charge is -2.17. The summed E-state index contributed by atoms with van der Waals surface area (Å²) in [6, 6.07) is 11.7. The van der Waals surface area contributed by atoms with Crippen LogP contribution in [-0.4, -0.2) is 28.0 Å². The van der Waals surface area contributed by atoms with Gasteiger partial charge in [0.15, 0.2) is 0 Å². The molecule has 1 N–H and O–H groups in total. The molecule has 2 aromatic rings. The fourth-order valence-corrected chi connectivity index (χ4v) is 4.27. The number of rotatable bonds is 6. The van der Waals surface area contributed by atoms with Crippen LogP contribution in [0, 0.1) is 0 Å².